The summed E-state index contributed by atoms with van der Waals surface area (Å²) in [6.45, 7) is 3.13. The molecule has 0 aromatic heterocycles. The number of hydrogen-bond acceptors (Lipinski definition) is 4. The third-order valence-electron chi connectivity index (χ3n) is 2.74. The quantitative estimate of drug-likeness (QED) is 0.845. The van der Waals surface area contributed by atoms with E-state index in [4.69, 9.17) is 4.74 Å². The average molecular weight is 259 g/mol. The highest BCUT2D eigenvalue weighted by atomic mass is 16.5. The Labute approximate surface area is 112 Å². The lowest BCUT2D eigenvalue weighted by molar-refractivity contribution is 0.0953. The summed E-state index contributed by atoms with van der Waals surface area (Å²) in [6, 6.07) is 7.21. The number of hydrogen-bond donors (Lipinski definition) is 1. The molecule has 0 bridgehead atoms. The van der Waals surface area contributed by atoms with Gasteiger partial charge in [0.25, 0.3) is 5.91 Å². The van der Waals surface area contributed by atoms with Gasteiger partial charge in [-0.15, -0.1) is 0 Å². The fourth-order valence-corrected chi connectivity index (χ4v) is 1.75. The van der Waals surface area contributed by atoms with Gasteiger partial charge in [-0.2, -0.15) is 0 Å². The molecule has 1 aliphatic rings. The normalized spacial score (nSPS) is 16.6. The molecule has 5 heteroatoms. The maximum Gasteiger partial charge on any atom is 0.251 e. The van der Waals surface area contributed by atoms with Gasteiger partial charge in [0.05, 0.1) is 12.6 Å². The Balaban J connectivity index is 1.78. The fourth-order valence-electron chi connectivity index (χ4n) is 1.75. The maximum absolute atomic E-state index is 11.9. The molecule has 1 aromatic rings. The monoisotopic (exact) mass is 259 g/mol. The summed E-state index contributed by atoms with van der Waals surface area (Å²) in [4.78, 5) is 19.9. The van der Waals surface area contributed by atoms with Crippen molar-refractivity contribution in [2.24, 2.45) is 9.98 Å². The van der Waals surface area contributed by atoms with Gasteiger partial charge in [0.15, 0.2) is 0 Å². The summed E-state index contributed by atoms with van der Waals surface area (Å²) >= 11 is 0. The van der Waals surface area contributed by atoms with Crippen LogP contribution < -0.4 is 10.1 Å². The molecule has 0 radical (unpaired) electrons. The largest absolute Gasteiger partial charge is 0.494 e. The Morgan fingerprint density at radius 1 is 1.37 bits per heavy atom. The molecule has 2 rings (SSSR count). The van der Waals surface area contributed by atoms with Crippen molar-refractivity contribution in [1.82, 2.24) is 5.32 Å². The van der Waals surface area contributed by atoms with Crippen LogP contribution in [0.25, 0.3) is 0 Å². The lowest BCUT2D eigenvalue weighted by Gasteiger charge is -2.07. The minimum Gasteiger partial charge on any atom is -0.494 e. The van der Waals surface area contributed by atoms with Crippen LogP contribution in [0, 0.1) is 0 Å². The molecule has 1 aliphatic heterocycles. The SMILES string of the molecule is CCOc1ccc(C(=O)NCC[C@@H]2C=NC=N2)cc1. The number of benzene rings is 1. The van der Waals surface area contributed by atoms with Gasteiger partial charge < -0.3 is 10.1 Å². The van der Waals surface area contributed by atoms with E-state index in [1.807, 2.05) is 6.92 Å². The molecule has 1 aromatic carbocycles. The molecule has 0 fully saturated rings. The third-order valence-corrected chi connectivity index (χ3v) is 2.74. The lowest BCUT2D eigenvalue weighted by atomic mass is 10.2. The molecule has 1 N–H and O–H groups in total. The molecular weight excluding hydrogens is 242 g/mol. The van der Waals surface area contributed by atoms with E-state index in [-0.39, 0.29) is 11.9 Å². The van der Waals surface area contributed by atoms with Gasteiger partial charge in [-0.1, -0.05) is 0 Å². The Kier molecular flexibility index (Phi) is 4.66. The first-order valence-electron chi connectivity index (χ1n) is 6.35. The smallest absolute Gasteiger partial charge is 0.251 e. The molecular formula is C14H17N3O2. The fraction of sp³-hybridized carbons (Fsp3) is 0.357. The number of carbonyl (C=O) groups excluding carboxylic acids is 1. The zero-order chi connectivity index (χ0) is 13.5. The van der Waals surface area contributed by atoms with Gasteiger partial charge in [0.1, 0.15) is 12.1 Å². The summed E-state index contributed by atoms with van der Waals surface area (Å²) in [5.74, 6) is 0.692. The van der Waals surface area contributed by atoms with Gasteiger partial charge in [0, 0.05) is 18.3 Å². The van der Waals surface area contributed by atoms with Crippen LogP contribution in [-0.4, -0.2) is 37.7 Å². The van der Waals surface area contributed by atoms with Gasteiger partial charge in [-0.25, -0.2) is 4.99 Å². The van der Waals surface area contributed by atoms with Crippen LogP contribution in [-0.2, 0) is 0 Å². The minimum absolute atomic E-state index is 0.0815. The summed E-state index contributed by atoms with van der Waals surface area (Å²) in [7, 11) is 0. The molecule has 0 saturated heterocycles. The number of amides is 1. The van der Waals surface area contributed by atoms with Gasteiger partial charge in [-0.05, 0) is 37.6 Å². The maximum atomic E-state index is 11.9. The predicted octanol–water partition coefficient (Wildman–Crippen LogP) is 1.69. The van der Waals surface area contributed by atoms with Gasteiger partial charge >= 0.3 is 0 Å². The standard InChI is InChI=1S/C14H17N3O2/c1-2-19-13-5-3-11(4-6-13)14(18)16-8-7-12-9-15-10-17-12/h3-6,9-10,12H,2,7-8H2,1H3,(H,16,18)/t12-/m1/s1. The number of ether oxygens (including phenoxy) is 1. The van der Waals surface area contributed by atoms with Gasteiger partial charge in [-0.3, -0.25) is 9.79 Å². The first-order valence-corrected chi connectivity index (χ1v) is 6.35. The summed E-state index contributed by atoms with van der Waals surface area (Å²) in [6.07, 6.45) is 4.09. The van der Waals surface area contributed by atoms with Crippen molar-refractivity contribution in [2.75, 3.05) is 13.2 Å². The summed E-state index contributed by atoms with van der Waals surface area (Å²) < 4.78 is 5.33. The van der Waals surface area contributed by atoms with Crippen molar-refractivity contribution in [1.29, 1.82) is 0 Å². The Hall–Kier alpha value is -2.17. The minimum atomic E-state index is -0.0815. The molecule has 19 heavy (non-hydrogen) atoms. The number of nitrogens with one attached hydrogen (secondary N) is 1. The molecule has 0 aliphatic carbocycles. The summed E-state index contributed by atoms with van der Waals surface area (Å²) in [5, 5.41) is 2.86. The Morgan fingerprint density at radius 2 is 2.16 bits per heavy atom. The van der Waals surface area contributed by atoms with E-state index in [2.05, 4.69) is 15.3 Å². The van der Waals surface area contributed by atoms with Crippen LogP contribution in [0.5, 0.6) is 5.75 Å². The van der Waals surface area contributed by atoms with Crippen molar-refractivity contribution < 1.29 is 9.53 Å². The van der Waals surface area contributed by atoms with E-state index in [9.17, 15) is 4.79 Å². The van der Waals surface area contributed by atoms with E-state index in [0.717, 1.165) is 12.2 Å². The molecule has 0 spiro atoms. The van der Waals surface area contributed by atoms with Crippen molar-refractivity contribution in [3.05, 3.63) is 29.8 Å². The van der Waals surface area contributed by atoms with Crippen LogP contribution in [0.3, 0.4) is 0 Å². The van der Waals surface area contributed by atoms with Crippen LogP contribution >= 0.6 is 0 Å². The van der Waals surface area contributed by atoms with E-state index >= 15 is 0 Å². The van der Waals surface area contributed by atoms with Crippen molar-refractivity contribution in [2.45, 2.75) is 19.4 Å². The van der Waals surface area contributed by atoms with Crippen molar-refractivity contribution in [3.63, 3.8) is 0 Å². The molecule has 5 nitrogen and oxygen atoms in total. The number of carbonyl (C=O) groups is 1. The zero-order valence-corrected chi connectivity index (χ0v) is 10.9. The van der Waals surface area contributed by atoms with Crippen molar-refractivity contribution >= 4 is 18.5 Å². The summed E-state index contributed by atoms with van der Waals surface area (Å²) in [5.41, 5.74) is 0.632. The molecule has 0 saturated carbocycles. The van der Waals surface area contributed by atoms with E-state index < -0.39 is 0 Å². The lowest BCUT2D eigenvalue weighted by Crippen LogP contribution is -2.26. The second-order valence-electron chi connectivity index (χ2n) is 4.13. The van der Waals surface area contributed by atoms with Gasteiger partial charge in [0.2, 0.25) is 0 Å². The topological polar surface area (TPSA) is 63.0 Å². The second-order valence-corrected chi connectivity index (χ2v) is 4.13. The van der Waals surface area contributed by atoms with Crippen LogP contribution in [0.2, 0.25) is 0 Å². The Morgan fingerprint density at radius 3 is 2.79 bits per heavy atom. The molecule has 100 valence electrons. The average Bonchev–Trinajstić information content (AvgIpc) is 2.93. The molecule has 1 atom stereocenters. The van der Waals surface area contributed by atoms with Crippen LogP contribution in [0.4, 0.5) is 0 Å². The zero-order valence-electron chi connectivity index (χ0n) is 10.9. The number of aliphatic imine (C=N–C) groups is 2. The van der Waals surface area contributed by atoms with Crippen LogP contribution in [0.1, 0.15) is 23.7 Å². The molecule has 1 heterocycles. The van der Waals surface area contributed by atoms with E-state index in [1.165, 1.54) is 0 Å². The first kappa shape index (κ1) is 13.3. The van der Waals surface area contributed by atoms with Crippen LogP contribution in [0.15, 0.2) is 34.3 Å². The third kappa shape index (κ3) is 3.91. The second kappa shape index (κ2) is 6.68. The van der Waals surface area contributed by atoms with Crippen molar-refractivity contribution in [3.8, 4) is 5.75 Å². The Bertz CT molecular complexity index is 468. The number of rotatable bonds is 6. The van der Waals surface area contributed by atoms with E-state index in [0.29, 0.717) is 18.7 Å². The predicted molar refractivity (Wildman–Crippen MR) is 75.3 cm³/mol. The van der Waals surface area contributed by atoms with E-state index in [1.54, 1.807) is 36.8 Å². The number of nitrogens with zero attached hydrogens (tertiary/aromatic N) is 2. The molecule has 1 amide bonds. The molecule has 0 unspecified atom stereocenters. The first-order chi connectivity index (χ1) is 9.29. The highest BCUT2D eigenvalue weighted by molar-refractivity contribution is 5.94. The highest BCUT2D eigenvalue weighted by Crippen LogP contribution is 2.12. The highest BCUT2D eigenvalue weighted by Gasteiger charge is 2.08.